The number of Topliss-reactive ketones (excluding diaryl/α,β-unsaturated/α-hetero) is 1. The molecule has 0 aliphatic carbocycles. The summed E-state index contributed by atoms with van der Waals surface area (Å²) in [6.07, 6.45) is 0.783. The van der Waals surface area contributed by atoms with Crippen molar-refractivity contribution in [2.45, 2.75) is 19.8 Å². The molecule has 0 atom stereocenters. The van der Waals surface area contributed by atoms with Gasteiger partial charge in [0.05, 0.1) is 12.1 Å². The molecule has 7 nitrogen and oxygen atoms in total. The van der Waals surface area contributed by atoms with E-state index in [0.717, 1.165) is 4.88 Å². The summed E-state index contributed by atoms with van der Waals surface area (Å²) in [7, 11) is 0. The van der Waals surface area contributed by atoms with Crippen LogP contribution in [0.1, 0.15) is 28.6 Å². The number of hydrogen-bond acceptors (Lipinski definition) is 7. The molecule has 0 saturated heterocycles. The van der Waals surface area contributed by atoms with Gasteiger partial charge in [-0.15, -0.1) is 11.3 Å². The molecule has 1 N–H and O–H groups in total. The zero-order valence-electron chi connectivity index (χ0n) is 14.1. The molecule has 3 rings (SSSR count). The molecule has 1 aromatic carbocycles. The Hall–Kier alpha value is -2.87. The average molecular weight is 375 g/mol. The molecule has 26 heavy (non-hydrogen) atoms. The number of ketones is 1. The topological polar surface area (TPSA) is 90.9 Å². The lowest BCUT2D eigenvalue weighted by molar-refractivity contribution is -0.147. The quantitative estimate of drug-likeness (QED) is 0.591. The van der Waals surface area contributed by atoms with Crippen molar-refractivity contribution >= 4 is 34.7 Å². The van der Waals surface area contributed by atoms with E-state index in [-0.39, 0.29) is 19.0 Å². The molecule has 1 amide bonds. The maximum atomic E-state index is 12.1. The summed E-state index contributed by atoms with van der Waals surface area (Å²) < 4.78 is 15.5. The zero-order valence-corrected chi connectivity index (χ0v) is 14.9. The number of carbonyl (C=O) groups is 3. The number of nitrogens with one attached hydrogen (secondary N) is 1. The van der Waals surface area contributed by atoms with Crippen LogP contribution >= 0.6 is 11.3 Å². The van der Waals surface area contributed by atoms with E-state index in [9.17, 15) is 14.4 Å². The highest BCUT2D eigenvalue weighted by molar-refractivity contribution is 7.09. The normalized spacial score (nSPS) is 11.9. The van der Waals surface area contributed by atoms with Crippen molar-refractivity contribution < 1.29 is 28.6 Å². The van der Waals surface area contributed by atoms with Crippen molar-refractivity contribution in [3.05, 3.63) is 40.1 Å². The molecule has 1 aliphatic heterocycles. The molecule has 0 saturated carbocycles. The van der Waals surface area contributed by atoms with E-state index in [1.54, 1.807) is 11.3 Å². The molecule has 2 aromatic rings. The summed E-state index contributed by atoms with van der Waals surface area (Å²) in [5, 5.41) is 4.51. The molecule has 1 aliphatic rings. The number of rotatable bonds is 7. The summed E-state index contributed by atoms with van der Waals surface area (Å²) in [6, 6.07) is 6.90. The second kappa shape index (κ2) is 8.01. The van der Waals surface area contributed by atoms with Gasteiger partial charge in [-0.1, -0.05) is 6.07 Å². The Morgan fingerprint density at radius 2 is 2.00 bits per heavy atom. The van der Waals surface area contributed by atoms with Crippen LogP contribution in [0.4, 0.5) is 5.69 Å². The lowest BCUT2D eigenvalue weighted by atomic mass is 10.1. The van der Waals surface area contributed by atoms with Crippen molar-refractivity contribution in [2.75, 3.05) is 18.7 Å². The molecule has 8 heteroatoms. The Bertz CT molecular complexity index is 830. The third-order valence-electron chi connectivity index (χ3n) is 3.69. The number of benzene rings is 1. The summed E-state index contributed by atoms with van der Waals surface area (Å²) in [5.41, 5.74) is 0.591. The van der Waals surface area contributed by atoms with E-state index in [1.807, 2.05) is 17.5 Å². The van der Waals surface area contributed by atoms with Gasteiger partial charge >= 0.3 is 5.97 Å². The molecule has 0 radical (unpaired) electrons. The highest BCUT2D eigenvalue weighted by Crippen LogP contribution is 2.37. The second-order valence-electron chi connectivity index (χ2n) is 5.60. The minimum Gasteiger partial charge on any atom is -0.456 e. The highest BCUT2D eigenvalue weighted by atomic mass is 32.1. The molecule has 2 heterocycles. The van der Waals surface area contributed by atoms with Crippen molar-refractivity contribution in [1.82, 2.24) is 0 Å². The van der Waals surface area contributed by atoms with Gasteiger partial charge < -0.3 is 19.5 Å². The van der Waals surface area contributed by atoms with Gasteiger partial charge in [0.15, 0.2) is 23.9 Å². The predicted octanol–water partition coefficient (Wildman–Crippen LogP) is 2.79. The standard InChI is InChI=1S/C18H17NO6S/c1-11(20)13-7-15-16(25-10-24-15)8-14(13)19-17(21)9-23-18(22)5-4-12-3-2-6-26-12/h2-3,6-8H,4-5,9-10H2,1H3,(H,19,21). The lowest BCUT2D eigenvalue weighted by Gasteiger charge is -2.11. The molecular formula is C18H17NO6S. The second-order valence-corrected chi connectivity index (χ2v) is 6.63. The number of anilines is 1. The Labute approximate surface area is 153 Å². The zero-order chi connectivity index (χ0) is 18.5. The van der Waals surface area contributed by atoms with Crippen molar-refractivity contribution in [3.63, 3.8) is 0 Å². The maximum Gasteiger partial charge on any atom is 0.306 e. The Morgan fingerprint density at radius 3 is 2.69 bits per heavy atom. The Morgan fingerprint density at radius 1 is 1.23 bits per heavy atom. The van der Waals surface area contributed by atoms with Crippen molar-refractivity contribution in [3.8, 4) is 11.5 Å². The van der Waals surface area contributed by atoms with Crippen LogP contribution in [0.2, 0.25) is 0 Å². The number of aryl methyl sites for hydroxylation is 1. The van der Waals surface area contributed by atoms with Gasteiger partial charge in [0.25, 0.3) is 5.91 Å². The molecule has 0 unspecified atom stereocenters. The highest BCUT2D eigenvalue weighted by Gasteiger charge is 2.20. The van der Waals surface area contributed by atoms with Crippen LogP contribution in [0.3, 0.4) is 0 Å². The van der Waals surface area contributed by atoms with Gasteiger partial charge in [-0.3, -0.25) is 14.4 Å². The van der Waals surface area contributed by atoms with E-state index in [4.69, 9.17) is 14.2 Å². The molecular weight excluding hydrogens is 358 g/mol. The van der Waals surface area contributed by atoms with E-state index >= 15 is 0 Å². The molecule has 0 bridgehead atoms. The van der Waals surface area contributed by atoms with Crippen LogP contribution in [0.5, 0.6) is 11.5 Å². The van der Waals surface area contributed by atoms with Crippen LogP contribution in [0.15, 0.2) is 29.6 Å². The van der Waals surface area contributed by atoms with E-state index in [2.05, 4.69) is 5.32 Å². The third kappa shape index (κ3) is 4.40. The maximum absolute atomic E-state index is 12.1. The third-order valence-corrected chi connectivity index (χ3v) is 4.62. The van der Waals surface area contributed by atoms with E-state index < -0.39 is 18.5 Å². The first-order valence-corrected chi connectivity index (χ1v) is 8.83. The monoisotopic (exact) mass is 375 g/mol. The van der Waals surface area contributed by atoms with Crippen LogP contribution in [0, 0.1) is 0 Å². The SMILES string of the molecule is CC(=O)c1cc2c(cc1NC(=O)COC(=O)CCc1cccs1)OCO2. The fourth-order valence-corrected chi connectivity index (χ4v) is 3.13. The minimum atomic E-state index is -0.532. The van der Waals surface area contributed by atoms with Crippen molar-refractivity contribution in [2.24, 2.45) is 0 Å². The van der Waals surface area contributed by atoms with Gasteiger partial charge in [0, 0.05) is 16.5 Å². The smallest absolute Gasteiger partial charge is 0.306 e. The van der Waals surface area contributed by atoms with E-state index in [1.165, 1.54) is 19.1 Å². The van der Waals surface area contributed by atoms with Gasteiger partial charge in [-0.05, 0) is 30.9 Å². The van der Waals surface area contributed by atoms with Crippen molar-refractivity contribution in [1.29, 1.82) is 0 Å². The first-order valence-electron chi connectivity index (χ1n) is 7.95. The number of hydrogen-bond donors (Lipinski definition) is 1. The molecule has 0 fully saturated rings. The van der Waals surface area contributed by atoms with Crippen LogP contribution in [-0.4, -0.2) is 31.1 Å². The predicted molar refractivity (Wildman–Crippen MR) is 94.8 cm³/mol. The largest absolute Gasteiger partial charge is 0.456 e. The minimum absolute atomic E-state index is 0.0614. The van der Waals surface area contributed by atoms with Gasteiger partial charge in [-0.2, -0.15) is 0 Å². The molecule has 0 spiro atoms. The Kier molecular flexibility index (Phi) is 5.52. The van der Waals surface area contributed by atoms with Gasteiger partial charge in [-0.25, -0.2) is 0 Å². The summed E-state index contributed by atoms with van der Waals surface area (Å²) in [6.45, 7) is 1.03. The first-order chi connectivity index (χ1) is 12.5. The number of amides is 1. The van der Waals surface area contributed by atoms with Crippen LogP contribution in [0.25, 0.3) is 0 Å². The number of carbonyl (C=O) groups excluding carboxylic acids is 3. The summed E-state index contributed by atoms with van der Waals surface area (Å²) in [5.74, 6) is -0.320. The van der Waals surface area contributed by atoms with Gasteiger partial charge in [0.1, 0.15) is 0 Å². The number of esters is 1. The molecule has 136 valence electrons. The number of fused-ring (bicyclic) bond motifs is 1. The van der Waals surface area contributed by atoms with E-state index in [0.29, 0.717) is 29.2 Å². The van der Waals surface area contributed by atoms with Crippen LogP contribution < -0.4 is 14.8 Å². The fourth-order valence-electron chi connectivity index (χ4n) is 2.42. The van der Waals surface area contributed by atoms with Crippen LogP contribution in [-0.2, 0) is 20.7 Å². The average Bonchev–Trinajstić information content (AvgIpc) is 3.28. The number of ether oxygens (including phenoxy) is 3. The fraction of sp³-hybridized carbons (Fsp3) is 0.278. The first kappa shape index (κ1) is 17.9. The number of thiophene rings is 1. The lowest BCUT2D eigenvalue weighted by Crippen LogP contribution is -2.22. The Balaban J connectivity index is 1.54. The van der Waals surface area contributed by atoms with Gasteiger partial charge in [0.2, 0.25) is 6.79 Å². The molecule has 1 aromatic heterocycles. The summed E-state index contributed by atoms with van der Waals surface area (Å²) >= 11 is 1.56. The summed E-state index contributed by atoms with van der Waals surface area (Å²) in [4.78, 5) is 36.7.